The fourth-order valence-corrected chi connectivity index (χ4v) is 3.39. The molecule has 4 nitrogen and oxygen atoms in total. The second-order valence-electron chi connectivity index (χ2n) is 5.00. The highest BCUT2D eigenvalue weighted by Crippen LogP contribution is 2.52. The van der Waals surface area contributed by atoms with E-state index in [9.17, 15) is 9.59 Å². The Balaban J connectivity index is 2.30. The minimum Gasteiger partial charge on any atom is -0.300 e. The average Bonchev–Trinajstić information content (AvgIpc) is 2.27. The summed E-state index contributed by atoms with van der Waals surface area (Å²) in [6.07, 6.45) is 4.69. The summed E-state index contributed by atoms with van der Waals surface area (Å²) in [6.45, 7) is 0. The third-order valence-electron chi connectivity index (χ3n) is 4.23. The predicted molar refractivity (Wildman–Crippen MR) is 60.9 cm³/mol. The largest absolute Gasteiger partial charge is 0.330 e. The lowest BCUT2D eigenvalue weighted by Crippen LogP contribution is -2.48. The van der Waals surface area contributed by atoms with Gasteiger partial charge in [-0.25, -0.2) is 4.79 Å². The first-order valence-electron chi connectivity index (χ1n) is 5.92. The monoisotopic (exact) mass is 220 g/mol. The van der Waals surface area contributed by atoms with Crippen LogP contribution in [0.1, 0.15) is 48.8 Å². The summed E-state index contributed by atoms with van der Waals surface area (Å²) in [7, 11) is 3.35. The van der Waals surface area contributed by atoms with E-state index >= 15 is 0 Å². The molecular weight excluding hydrogens is 204 g/mol. The van der Waals surface area contributed by atoms with Crippen molar-refractivity contribution in [3.8, 4) is 0 Å². The van der Waals surface area contributed by atoms with Gasteiger partial charge in [-0.15, -0.1) is 0 Å². The van der Waals surface area contributed by atoms with Crippen molar-refractivity contribution in [3.05, 3.63) is 32.1 Å². The SMILES string of the molecule is Cn1c2c(c(=O)n(C)c1=O)C1CCCCC21. The zero-order valence-corrected chi connectivity index (χ0v) is 9.69. The summed E-state index contributed by atoms with van der Waals surface area (Å²) in [6, 6.07) is 0. The molecular formula is C12H16N2O2. The Kier molecular flexibility index (Phi) is 1.91. The molecule has 1 fully saturated rings. The van der Waals surface area contributed by atoms with E-state index in [1.165, 1.54) is 17.4 Å². The zero-order chi connectivity index (χ0) is 11.4. The summed E-state index contributed by atoms with van der Waals surface area (Å²) < 4.78 is 2.91. The molecule has 2 aliphatic carbocycles. The molecule has 4 heteroatoms. The molecule has 0 bridgehead atoms. The Hall–Kier alpha value is -1.32. The van der Waals surface area contributed by atoms with Gasteiger partial charge in [-0.1, -0.05) is 12.8 Å². The van der Waals surface area contributed by atoms with Gasteiger partial charge in [0.15, 0.2) is 0 Å². The van der Waals surface area contributed by atoms with Crippen molar-refractivity contribution in [1.29, 1.82) is 0 Å². The molecule has 1 aromatic rings. The van der Waals surface area contributed by atoms with E-state index in [2.05, 4.69) is 0 Å². The van der Waals surface area contributed by atoms with Crippen LogP contribution in [0.3, 0.4) is 0 Å². The van der Waals surface area contributed by atoms with Crippen LogP contribution in [0, 0.1) is 0 Å². The van der Waals surface area contributed by atoms with Gasteiger partial charge in [-0.05, 0) is 18.8 Å². The molecule has 0 aliphatic heterocycles. The van der Waals surface area contributed by atoms with Crippen LogP contribution in [-0.4, -0.2) is 9.13 Å². The summed E-state index contributed by atoms with van der Waals surface area (Å²) in [5.41, 5.74) is 1.67. The number of fused-ring (bicyclic) bond motifs is 4. The maximum absolute atomic E-state index is 12.0. The van der Waals surface area contributed by atoms with E-state index in [0.29, 0.717) is 11.8 Å². The van der Waals surface area contributed by atoms with Crippen LogP contribution in [0.4, 0.5) is 0 Å². The molecule has 0 saturated heterocycles. The Labute approximate surface area is 93.5 Å². The molecule has 1 saturated carbocycles. The van der Waals surface area contributed by atoms with Crippen LogP contribution in [0.5, 0.6) is 0 Å². The zero-order valence-electron chi connectivity index (χ0n) is 9.69. The second-order valence-corrected chi connectivity index (χ2v) is 5.00. The first-order chi connectivity index (χ1) is 7.63. The average molecular weight is 220 g/mol. The third-order valence-corrected chi connectivity index (χ3v) is 4.23. The number of aromatic nitrogens is 2. The molecule has 86 valence electrons. The molecule has 3 rings (SSSR count). The highest BCUT2D eigenvalue weighted by atomic mass is 16.2. The van der Waals surface area contributed by atoms with Crippen molar-refractivity contribution in [2.24, 2.45) is 14.1 Å². The highest BCUT2D eigenvalue weighted by molar-refractivity contribution is 5.40. The summed E-state index contributed by atoms with van der Waals surface area (Å²) in [5, 5.41) is 0. The molecule has 2 atom stereocenters. The maximum atomic E-state index is 12.0. The summed E-state index contributed by atoms with van der Waals surface area (Å²) in [5.74, 6) is 0.893. The minimum absolute atomic E-state index is 0.0683. The van der Waals surface area contributed by atoms with E-state index in [4.69, 9.17) is 0 Å². The normalized spacial score (nSPS) is 26.9. The van der Waals surface area contributed by atoms with Crippen LogP contribution < -0.4 is 11.2 Å². The lowest BCUT2D eigenvalue weighted by atomic mass is 9.64. The number of nitrogens with zero attached hydrogens (tertiary/aromatic N) is 2. The topological polar surface area (TPSA) is 44.0 Å². The van der Waals surface area contributed by atoms with Gasteiger partial charge in [-0.2, -0.15) is 0 Å². The predicted octanol–water partition coefficient (Wildman–Crippen LogP) is 0.839. The number of hydrogen-bond acceptors (Lipinski definition) is 2. The molecule has 2 aliphatic rings. The highest BCUT2D eigenvalue weighted by Gasteiger charge is 2.43. The van der Waals surface area contributed by atoms with Gasteiger partial charge in [0.05, 0.1) is 0 Å². The van der Waals surface area contributed by atoms with Crippen molar-refractivity contribution in [2.45, 2.75) is 37.5 Å². The second kappa shape index (κ2) is 3.09. The smallest absolute Gasteiger partial charge is 0.300 e. The molecule has 16 heavy (non-hydrogen) atoms. The fourth-order valence-electron chi connectivity index (χ4n) is 3.39. The van der Waals surface area contributed by atoms with Crippen molar-refractivity contribution in [2.75, 3.05) is 0 Å². The van der Waals surface area contributed by atoms with Crippen molar-refractivity contribution in [3.63, 3.8) is 0 Å². The lowest BCUT2D eigenvalue weighted by Gasteiger charge is -2.43. The van der Waals surface area contributed by atoms with Gasteiger partial charge in [0, 0.05) is 31.3 Å². The van der Waals surface area contributed by atoms with Gasteiger partial charge >= 0.3 is 5.69 Å². The van der Waals surface area contributed by atoms with E-state index in [-0.39, 0.29) is 11.2 Å². The molecule has 0 amide bonds. The third kappa shape index (κ3) is 0.996. The van der Waals surface area contributed by atoms with E-state index in [1.807, 2.05) is 0 Å². The van der Waals surface area contributed by atoms with Crippen LogP contribution in [0.15, 0.2) is 9.59 Å². The molecule has 0 aromatic carbocycles. The molecule has 0 spiro atoms. The van der Waals surface area contributed by atoms with Crippen LogP contribution in [0.2, 0.25) is 0 Å². The quantitative estimate of drug-likeness (QED) is 0.650. The molecule has 0 radical (unpaired) electrons. The van der Waals surface area contributed by atoms with E-state index in [1.54, 1.807) is 18.7 Å². The van der Waals surface area contributed by atoms with Crippen LogP contribution in [0.25, 0.3) is 0 Å². The Morgan fingerprint density at radius 2 is 1.62 bits per heavy atom. The van der Waals surface area contributed by atoms with Gasteiger partial charge in [0.2, 0.25) is 0 Å². The lowest BCUT2D eigenvalue weighted by molar-refractivity contribution is 0.310. The fraction of sp³-hybridized carbons (Fsp3) is 0.667. The number of hydrogen-bond donors (Lipinski definition) is 0. The van der Waals surface area contributed by atoms with Crippen molar-refractivity contribution < 1.29 is 0 Å². The molecule has 1 aromatic heterocycles. The Bertz CT molecular complexity index is 568. The van der Waals surface area contributed by atoms with Crippen LogP contribution in [-0.2, 0) is 14.1 Å². The minimum atomic E-state index is -0.187. The van der Waals surface area contributed by atoms with Crippen molar-refractivity contribution in [1.82, 2.24) is 9.13 Å². The number of rotatable bonds is 0. The summed E-state index contributed by atoms with van der Waals surface area (Å²) >= 11 is 0. The Morgan fingerprint density at radius 3 is 2.31 bits per heavy atom. The van der Waals surface area contributed by atoms with Gasteiger partial charge in [0.1, 0.15) is 0 Å². The van der Waals surface area contributed by atoms with Crippen LogP contribution >= 0.6 is 0 Å². The van der Waals surface area contributed by atoms with E-state index in [0.717, 1.165) is 24.1 Å². The molecule has 1 heterocycles. The molecule has 0 N–H and O–H groups in total. The summed E-state index contributed by atoms with van der Waals surface area (Å²) in [4.78, 5) is 23.8. The Morgan fingerprint density at radius 1 is 1.00 bits per heavy atom. The molecule has 2 unspecified atom stereocenters. The first kappa shape index (κ1) is 9.87. The van der Waals surface area contributed by atoms with Crippen molar-refractivity contribution >= 4 is 0 Å². The maximum Gasteiger partial charge on any atom is 0.330 e. The van der Waals surface area contributed by atoms with Gasteiger partial charge < -0.3 is 4.57 Å². The van der Waals surface area contributed by atoms with Gasteiger partial charge in [-0.3, -0.25) is 9.36 Å². The van der Waals surface area contributed by atoms with E-state index < -0.39 is 0 Å². The van der Waals surface area contributed by atoms with Gasteiger partial charge in [0.25, 0.3) is 5.56 Å². The first-order valence-corrected chi connectivity index (χ1v) is 5.92. The standard InChI is InChI=1S/C12H16N2O2/c1-13-10-8-6-4-3-5-7(8)9(10)11(15)14(2)12(13)16/h7-8H,3-6H2,1-2H3.